The van der Waals surface area contributed by atoms with Crippen LogP contribution >= 0.6 is 0 Å². The molecule has 1 fully saturated rings. The molecule has 3 nitrogen and oxygen atoms in total. The largest absolute Gasteiger partial charge is 0.447 e. The summed E-state index contributed by atoms with van der Waals surface area (Å²) in [6.45, 7) is 3.04. The summed E-state index contributed by atoms with van der Waals surface area (Å²) >= 11 is 0. The maximum Gasteiger partial charge on any atom is 0.211 e. The normalized spacial score (nSPS) is 24.2. The van der Waals surface area contributed by atoms with Crippen molar-refractivity contribution in [1.29, 1.82) is 0 Å². The van der Waals surface area contributed by atoms with Crippen LogP contribution in [-0.4, -0.2) is 11.5 Å². The Balaban J connectivity index is 2.08. The molecule has 1 N–H and O–H groups in total. The molecule has 2 heterocycles. The van der Waals surface area contributed by atoms with Gasteiger partial charge in [0.25, 0.3) is 0 Å². The van der Waals surface area contributed by atoms with Crippen LogP contribution in [0.4, 0.5) is 0 Å². The van der Waals surface area contributed by atoms with Crippen molar-refractivity contribution >= 4 is 0 Å². The van der Waals surface area contributed by atoms with Crippen LogP contribution in [0.5, 0.6) is 0 Å². The number of hydrogen-bond donors (Lipinski definition) is 1. The summed E-state index contributed by atoms with van der Waals surface area (Å²) < 4.78 is 5.33. The molecule has 1 aliphatic rings. The van der Waals surface area contributed by atoms with E-state index in [9.17, 15) is 0 Å². The Bertz CT molecular complexity index is 251. The molecule has 0 bridgehead atoms. The van der Waals surface area contributed by atoms with E-state index in [0.717, 1.165) is 24.6 Å². The van der Waals surface area contributed by atoms with Gasteiger partial charge in [0.2, 0.25) is 5.89 Å². The van der Waals surface area contributed by atoms with Gasteiger partial charge in [-0.05, 0) is 26.3 Å². The van der Waals surface area contributed by atoms with Gasteiger partial charge in [0.1, 0.15) is 6.26 Å². The summed E-state index contributed by atoms with van der Waals surface area (Å²) in [5.74, 6) is 0.854. The summed E-state index contributed by atoms with van der Waals surface area (Å²) in [5.41, 5.74) is 0.970. The number of hydrogen-bond acceptors (Lipinski definition) is 3. The van der Waals surface area contributed by atoms with Crippen LogP contribution in [0.25, 0.3) is 0 Å². The Morgan fingerprint density at radius 2 is 2.50 bits per heavy atom. The van der Waals surface area contributed by atoms with E-state index in [1.165, 1.54) is 12.8 Å². The van der Waals surface area contributed by atoms with Crippen molar-refractivity contribution in [1.82, 2.24) is 10.3 Å². The third-order valence-electron chi connectivity index (χ3n) is 2.25. The van der Waals surface area contributed by atoms with Gasteiger partial charge in [-0.15, -0.1) is 0 Å². The lowest BCUT2D eigenvalue weighted by atomic mass is 10.1. The van der Waals surface area contributed by atoms with Crippen molar-refractivity contribution in [2.24, 2.45) is 0 Å². The van der Waals surface area contributed by atoms with Crippen LogP contribution in [0, 0.1) is 6.92 Å². The molecule has 0 aliphatic carbocycles. The average Bonchev–Trinajstić information content (AvgIpc) is 2.54. The number of piperidine rings is 1. The molecular weight excluding hydrogens is 152 g/mol. The van der Waals surface area contributed by atoms with Crippen LogP contribution in [0.15, 0.2) is 10.7 Å². The standard InChI is InChI=1S/C9H14N2O/c1-7-6-12-9(11-7)8-4-2-3-5-10-8/h6,8,10H,2-5H2,1H3. The minimum atomic E-state index is 0.354. The fourth-order valence-electron chi connectivity index (χ4n) is 1.59. The van der Waals surface area contributed by atoms with Crippen molar-refractivity contribution in [3.63, 3.8) is 0 Å². The zero-order valence-corrected chi connectivity index (χ0v) is 7.34. The first-order chi connectivity index (χ1) is 5.86. The van der Waals surface area contributed by atoms with Crippen LogP contribution in [0.3, 0.4) is 0 Å². The second-order valence-electron chi connectivity index (χ2n) is 3.33. The van der Waals surface area contributed by atoms with Gasteiger partial charge in [0.15, 0.2) is 0 Å². The molecule has 0 saturated carbocycles. The van der Waals surface area contributed by atoms with Gasteiger partial charge in [-0.1, -0.05) is 6.42 Å². The number of aryl methyl sites for hydroxylation is 1. The lowest BCUT2D eigenvalue weighted by Crippen LogP contribution is -2.26. The Hall–Kier alpha value is -0.830. The van der Waals surface area contributed by atoms with E-state index in [4.69, 9.17) is 4.42 Å². The maximum atomic E-state index is 5.33. The second kappa shape index (κ2) is 3.27. The third kappa shape index (κ3) is 1.50. The highest BCUT2D eigenvalue weighted by molar-refractivity contribution is 4.98. The molecule has 0 radical (unpaired) electrons. The fourth-order valence-corrected chi connectivity index (χ4v) is 1.59. The van der Waals surface area contributed by atoms with Gasteiger partial charge in [-0.3, -0.25) is 0 Å². The Labute approximate surface area is 72.2 Å². The number of oxazole rings is 1. The van der Waals surface area contributed by atoms with Crippen molar-refractivity contribution in [3.8, 4) is 0 Å². The summed E-state index contributed by atoms with van der Waals surface area (Å²) in [6, 6.07) is 0.354. The van der Waals surface area contributed by atoms with Crippen LogP contribution in [0.2, 0.25) is 0 Å². The van der Waals surface area contributed by atoms with E-state index in [-0.39, 0.29) is 0 Å². The summed E-state index contributed by atoms with van der Waals surface area (Å²) in [7, 11) is 0. The average molecular weight is 166 g/mol. The SMILES string of the molecule is Cc1coc(C2CCCCN2)n1. The molecule has 1 saturated heterocycles. The zero-order chi connectivity index (χ0) is 8.39. The predicted molar refractivity (Wildman–Crippen MR) is 45.8 cm³/mol. The third-order valence-corrected chi connectivity index (χ3v) is 2.25. The molecular formula is C9H14N2O. The van der Waals surface area contributed by atoms with Crippen molar-refractivity contribution < 1.29 is 4.42 Å². The lowest BCUT2D eigenvalue weighted by molar-refractivity contribution is 0.338. The molecule has 12 heavy (non-hydrogen) atoms. The van der Waals surface area contributed by atoms with Crippen molar-refractivity contribution in [2.75, 3.05) is 6.54 Å². The minimum Gasteiger partial charge on any atom is -0.447 e. The predicted octanol–water partition coefficient (Wildman–Crippen LogP) is 1.80. The van der Waals surface area contributed by atoms with Gasteiger partial charge in [0.05, 0.1) is 11.7 Å². The molecule has 3 heteroatoms. The van der Waals surface area contributed by atoms with Crippen LogP contribution in [0.1, 0.15) is 36.9 Å². The fraction of sp³-hybridized carbons (Fsp3) is 0.667. The van der Waals surface area contributed by atoms with Gasteiger partial charge >= 0.3 is 0 Å². The topological polar surface area (TPSA) is 38.1 Å². The highest BCUT2D eigenvalue weighted by Crippen LogP contribution is 2.21. The Kier molecular flexibility index (Phi) is 2.13. The molecule has 1 unspecified atom stereocenters. The number of nitrogens with one attached hydrogen (secondary N) is 1. The Morgan fingerprint density at radius 1 is 1.58 bits per heavy atom. The highest BCUT2D eigenvalue weighted by Gasteiger charge is 2.18. The summed E-state index contributed by atoms with van der Waals surface area (Å²) in [5, 5.41) is 3.39. The van der Waals surface area contributed by atoms with Crippen LogP contribution in [-0.2, 0) is 0 Å². The van der Waals surface area contributed by atoms with E-state index >= 15 is 0 Å². The van der Waals surface area contributed by atoms with Gasteiger partial charge in [-0.2, -0.15) is 0 Å². The van der Waals surface area contributed by atoms with Gasteiger partial charge in [0, 0.05) is 0 Å². The van der Waals surface area contributed by atoms with Crippen molar-refractivity contribution in [2.45, 2.75) is 32.2 Å². The molecule has 0 spiro atoms. The molecule has 66 valence electrons. The molecule has 0 aromatic carbocycles. The highest BCUT2D eigenvalue weighted by atomic mass is 16.3. The molecule has 1 aromatic rings. The van der Waals surface area contributed by atoms with E-state index in [2.05, 4.69) is 10.3 Å². The lowest BCUT2D eigenvalue weighted by Gasteiger charge is -2.19. The van der Waals surface area contributed by atoms with Crippen molar-refractivity contribution in [3.05, 3.63) is 17.8 Å². The first-order valence-corrected chi connectivity index (χ1v) is 4.51. The maximum absolute atomic E-state index is 5.33. The summed E-state index contributed by atoms with van der Waals surface area (Å²) in [4.78, 5) is 4.31. The first-order valence-electron chi connectivity index (χ1n) is 4.51. The summed E-state index contributed by atoms with van der Waals surface area (Å²) in [6.07, 6.45) is 5.42. The monoisotopic (exact) mass is 166 g/mol. The first kappa shape index (κ1) is 7.80. The Morgan fingerprint density at radius 3 is 3.08 bits per heavy atom. The number of rotatable bonds is 1. The van der Waals surface area contributed by atoms with E-state index < -0.39 is 0 Å². The second-order valence-corrected chi connectivity index (χ2v) is 3.33. The van der Waals surface area contributed by atoms with Gasteiger partial charge < -0.3 is 9.73 Å². The molecule has 1 aliphatic heterocycles. The quantitative estimate of drug-likeness (QED) is 0.691. The number of nitrogens with zero attached hydrogens (tertiary/aromatic N) is 1. The molecule has 1 aromatic heterocycles. The molecule has 2 rings (SSSR count). The van der Waals surface area contributed by atoms with E-state index in [1.54, 1.807) is 6.26 Å². The van der Waals surface area contributed by atoms with E-state index in [0.29, 0.717) is 6.04 Å². The van der Waals surface area contributed by atoms with E-state index in [1.807, 2.05) is 6.92 Å². The minimum absolute atomic E-state index is 0.354. The zero-order valence-electron chi connectivity index (χ0n) is 7.34. The van der Waals surface area contributed by atoms with Gasteiger partial charge in [-0.25, -0.2) is 4.98 Å². The molecule has 0 amide bonds. The van der Waals surface area contributed by atoms with Crippen LogP contribution < -0.4 is 5.32 Å². The molecule has 1 atom stereocenters. The smallest absolute Gasteiger partial charge is 0.211 e. The number of aromatic nitrogens is 1.